The lowest BCUT2D eigenvalue weighted by atomic mass is 9.83. The van der Waals surface area contributed by atoms with E-state index in [1.807, 2.05) is 95.6 Å². The summed E-state index contributed by atoms with van der Waals surface area (Å²) in [5.74, 6) is 3.39. The number of aromatic nitrogens is 8. The lowest BCUT2D eigenvalue weighted by molar-refractivity contribution is 0.444. The molecule has 0 unspecified atom stereocenters. The number of hydrogen-bond acceptors (Lipinski definition) is 5. The molecule has 137 heavy (non-hydrogen) atoms. The van der Waals surface area contributed by atoms with Crippen molar-refractivity contribution >= 4 is 65.4 Å². The van der Waals surface area contributed by atoms with Crippen LogP contribution < -0.4 is 0 Å². The first-order chi connectivity index (χ1) is 67.7. The summed E-state index contributed by atoms with van der Waals surface area (Å²) < 4.78 is 35.4. The van der Waals surface area contributed by atoms with Crippen LogP contribution in [-0.4, -0.2) is 38.6 Å². The van der Waals surface area contributed by atoms with E-state index >= 15 is 0 Å². The first-order valence-electron chi connectivity index (χ1n) is 49.7. The highest BCUT2D eigenvalue weighted by molar-refractivity contribution is 6.12. The van der Waals surface area contributed by atoms with Crippen LogP contribution in [0.4, 0.5) is 8.78 Å². The molecule has 0 radical (unpaired) electrons. The van der Waals surface area contributed by atoms with Crippen molar-refractivity contribution in [2.45, 2.75) is 152 Å². The van der Waals surface area contributed by atoms with E-state index in [0.29, 0.717) is 40.3 Å². The lowest BCUT2D eigenvalue weighted by Gasteiger charge is -2.22. The third kappa shape index (κ3) is 17.9. The molecular formula is C127H108F2N8. The zero-order valence-electron chi connectivity index (χ0n) is 77.2. The zero-order chi connectivity index (χ0) is 91.5. The molecule has 4 aliphatic rings. The van der Waals surface area contributed by atoms with Gasteiger partial charge in [0.1, 0.15) is 11.6 Å². The number of pyridine rings is 1. The van der Waals surface area contributed by atoms with Gasteiger partial charge in [0.05, 0.1) is 67.3 Å². The van der Waals surface area contributed by atoms with Crippen molar-refractivity contribution in [2.75, 3.05) is 0 Å². The molecule has 4 saturated carbocycles. The van der Waals surface area contributed by atoms with Gasteiger partial charge < -0.3 is 13.7 Å². The monoisotopic (exact) mass is 1780 g/mol. The van der Waals surface area contributed by atoms with Crippen molar-refractivity contribution < 1.29 is 8.78 Å². The number of benzene rings is 15. The average Bonchev–Trinajstić information content (AvgIpc) is 1.59. The molecule has 0 aliphatic heterocycles. The predicted octanol–water partition coefficient (Wildman–Crippen LogP) is 34.8. The Labute approximate surface area is 800 Å². The van der Waals surface area contributed by atoms with Crippen LogP contribution in [0.1, 0.15) is 174 Å². The van der Waals surface area contributed by atoms with Crippen LogP contribution in [0, 0.1) is 11.6 Å². The predicted molar refractivity (Wildman–Crippen MR) is 563 cm³/mol. The van der Waals surface area contributed by atoms with Crippen LogP contribution in [0.5, 0.6) is 0 Å². The maximum absolute atomic E-state index is 14.2. The van der Waals surface area contributed by atoms with Gasteiger partial charge in [0.25, 0.3) is 0 Å². The van der Waals surface area contributed by atoms with Crippen molar-refractivity contribution in [1.82, 2.24) is 38.6 Å². The minimum absolute atomic E-state index is 0.359. The van der Waals surface area contributed by atoms with E-state index in [9.17, 15) is 8.78 Å². The molecule has 4 fully saturated rings. The molecule has 0 saturated heterocycles. The molecule has 8 nitrogen and oxygen atoms in total. The Hall–Kier alpha value is -15.1. The Bertz CT molecular complexity index is 7230. The summed E-state index contributed by atoms with van der Waals surface area (Å²) in [6.07, 6.45) is 26.9. The molecule has 21 aromatic rings. The van der Waals surface area contributed by atoms with Gasteiger partial charge in [-0.05, 0) is 254 Å². The summed E-state index contributed by atoms with van der Waals surface area (Å²) in [6.45, 7) is 0. The van der Waals surface area contributed by atoms with Crippen LogP contribution in [0.2, 0.25) is 0 Å². The van der Waals surface area contributed by atoms with Crippen molar-refractivity contribution in [2.24, 2.45) is 0 Å². The Morgan fingerprint density at radius 2 is 0.409 bits per heavy atom. The minimum atomic E-state index is -0.359. The fourth-order valence-electron chi connectivity index (χ4n) is 22.5. The Morgan fingerprint density at radius 1 is 0.175 bits per heavy atom. The van der Waals surface area contributed by atoms with E-state index in [4.69, 9.17) is 24.9 Å². The van der Waals surface area contributed by atoms with E-state index in [-0.39, 0.29) is 11.6 Å². The molecule has 25 rings (SSSR count). The van der Waals surface area contributed by atoms with Crippen molar-refractivity contribution in [3.8, 4) is 119 Å². The number of halogens is 2. The molecule has 10 heteroatoms. The van der Waals surface area contributed by atoms with E-state index in [1.165, 1.54) is 235 Å². The molecule has 4 aliphatic carbocycles. The van der Waals surface area contributed by atoms with Crippen LogP contribution in [0.3, 0.4) is 0 Å². The smallest absolute Gasteiger partial charge is 0.160 e. The summed E-state index contributed by atoms with van der Waals surface area (Å²) in [7, 11) is 0. The van der Waals surface area contributed by atoms with E-state index in [0.717, 1.165) is 107 Å². The topological polar surface area (TPSA) is 79.2 Å². The van der Waals surface area contributed by atoms with Crippen LogP contribution in [-0.2, 0) is 0 Å². The molecule has 6 heterocycles. The van der Waals surface area contributed by atoms with Crippen LogP contribution >= 0.6 is 0 Å². The first kappa shape index (κ1) is 86.0. The highest BCUT2D eigenvalue weighted by Gasteiger charge is 2.27. The number of nitrogens with zero attached hydrogens (tertiary/aromatic N) is 8. The molecule has 670 valence electrons. The minimum Gasteiger partial charge on any atom is -0.309 e. The summed E-state index contributed by atoms with van der Waals surface area (Å²) in [5.41, 5.74) is 32.2. The van der Waals surface area contributed by atoms with Gasteiger partial charge in [0.15, 0.2) is 11.6 Å². The maximum Gasteiger partial charge on any atom is 0.160 e. The third-order valence-electron chi connectivity index (χ3n) is 29.5. The van der Waals surface area contributed by atoms with Gasteiger partial charge in [-0.25, -0.2) is 33.7 Å². The highest BCUT2D eigenvalue weighted by atomic mass is 19.1. The van der Waals surface area contributed by atoms with Gasteiger partial charge in [-0.3, -0.25) is 0 Å². The average molecular weight is 1780 g/mol. The normalized spacial score (nSPS) is 14.7. The molecule has 6 aromatic heterocycles. The van der Waals surface area contributed by atoms with E-state index < -0.39 is 0 Å². The fraction of sp³-hybridized carbons (Fsp3) is 0.189. The summed E-state index contributed by atoms with van der Waals surface area (Å²) >= 11 is 0. The van der Waals surface area contributed by atoms with Gasteiger partial charge in [-0.15, -0.1) is 0 Å². The molecule has 0 bridgehead atoms. The Balaban J connectivity index is 0.000000116. The summed E-state index contributed by atoms with van der Waals surface area (Å²) in [5, 5.41) is 6.91. The zero-order valence-corrected chi connectivity index (χ0v) is 77.2. The molecule has 0 amide bonds. The van der Waals surface area contributed by atoms with Crippen molar-refractivity contribution in [3.63, 3.8) is 0 Å². The standard InChI is InChI=1S/C47H44N2.C46H43N3.C34H21F2N3/c1-5-14-33(15-6-1)38-24-26-46-42(29-38)43-30-39(34-16-7-2-8-17-34)25-27-47(43)49(46)41-23-13-22-37(28-41)40-31-44(35-18-9-3-10-19-35)48-45(32-40)36-20-11-4-12-21-36;1-5-14-32(15-6-1)36-24-26-44-40(29-36)41-30-37(33-16-7-2-8-17-33)25-27-45(41)49(44)39-23-13-22-38(28-39)43-31-42(34-18-9-3-10-19-34)47-46(48-43)35-20-11-4-12-21-35;35-25-14-16-32-28(19-25)29-20-26(36)15-17-33(29)39(32)27-13-7-12-24(18-27)31-21-30(22-8-3-1-4-9-22)37-34(38-31)23-10-5-2-6-11-23/h3-4,9-13,18-34H,1-2,5-8,14-17H2;3-4,9-13,18-33H,1-2,5-8,14-17H2;1-21H. The second kappa shape index (κ2) is 38.7. The molecule has 0 spiro atoms. The molecule has 0 atom stereocenters. The van der Waals surface area contributed by atoms with Gasteiger partial charge in [0.2, 0.25) is 0 Å². The van der Waals surface area contributed by atoms with Crippen LogP contribution in [0.15, 0.2) is 388 Å². The number of rotatable bonds is 16. The summed E-state index contributed by atoms with van der Waals surface area (Å²) in [6, 6.07) is 135. The van der Waals surface area contributed by atoms with Crippen molar-refractivity contribution in [3.05, 3.63) is 422 Å². The van der Waals surface area contributed by atoms with E-state index in [2.05, 4.69) is 270 Å². The molecule has 0 N–H and O–H groups in total. The third-order valence-corrected chi connectivity index (χ3v) is 29.5. The maximum atomic E-state index is 14.2. The number of hydrogen-bond donors (Lipinski definition) is 0. The van der Waals surface area contributed by atoms with Gasteiger partial charge in [-0.1, -0.05) is 320 Å². The fourth-order valence-corrected chi connectivity index (χ4v) is 22.5. The Kier molecular flexibility index (Phi) is 24.3. The molecular weight excluding hydrogens is 1680 g/mol. The Morgan fingerprint density at radius 3 is 0.701 bits per heavy atom. The lowest BCUT2D eigenvalue weighted by Crippen LogP contribution is -2.04. The van der Waals surface area contributed by atoms with Gasteiger partial charge >= 0.3 is 0 Å². The first-order valence-corrected chi connectivity index (χ1v) is 49.7. The summed E-state index contributed by atoms with van der Waals surface area (Å²) in [4.78, 5) is 25.2. The second-order valence-corrected chi connectivity index (χ2v) is 38.2. The molecule has 15 aromatic carbocycles. The van der Waals surface area contributed by atoms with Gasteiger partial charge in [-0.2, -0.15) is 0 Å². The van der Waals surface area contributed by atoms with Gasteiger partial charge in [0, 0.05) is 93.9 Å². The van der Waals surface area contributed by atoms with E-state index in [1.54, 1.807) is 12.1 Å². The quantitative estimate of drug-likeness (QED) is 0.0963. The largest absolute Gasteiger partial charge is 0.309 e. The van der Waals surface area contributed by atoms with Crippen LogP contribution in [0.25, 0.3) is 184 Å². The van der Waals surface area contributed by atoms with Crippen molar-refractivity contribution in [1.29, 1.82) is 0 Å². The number of fused-ring (bicyclic) bond motifs is 9. The SMILES string of the molecule is Fc1ccc2c(c1)c1cc(F)ccc1n2-c1cccc(-c2cc(-c3ccccc3)nc(-c3ccccc3)n2)c1.c1ccc(-c2cc(-c3cccc(-n4c5ccc(C6CCCCC6)cc5c5cc(C6CCCCC6)ccc54)c3)cc(-c3ccccc3)n2)cc1.c1ccc(-c2cc(-c3cccc(-n4c5ccc(C6CCCCC6)cc5c5cc(C6CCCCC6)ccc54)c3)nc(-c3ccccc3)n2)cc1. The highest BCUT2D eigenvalue weighted by Crippen LogP contribution is 2.47. The second-order valence-electron chi connectivity index (χ2n) is 38.2.